The minimum atomic E-state index is -0.542. The van der Waals surface area contributed by atoms with Gasteiger partial charge >= 0.3 is 0 Å². The van der Waals surface area contributed by atoms with E-state index in [4.69, 9.17) is 22.7 Å². The largest absolute Gasteiger partial charge is 0.389 e. The third-order valence-corrected chi connectivity index (χ3v) is 2.63. The third kappa shape index (κ3) is 4.92. The van der Waals surface area contributed by atoms with Gasteiger partial charge in [0, 0.05) is 19.6 Å². The van der Waals surface area contributed by atoms with E-state index in [-0.39, 0.29) is 16.5 Å². The molecule has 0 saturated heterocycles. The molecule has 0 radical (unpaired) electrons. The zero-order valence-corrected chi connectivity index (χ0v) is 11.6. The van der Waals surface area contributed by atoms with Crippen molar-refractivity contribution in [1.82, 2.24) is 0 Å². The summed E-state index contributed by atoms with van der Waals surface area (Å²) in [5.74, 6) is -0.762. The van der Waals surface area contributed by atoms with E-state index in [1.54, 1.807) is 6.07 Å². The number of ether oxygens (including phenoxy) is 1. The lowest BCUT2D eigenvalue weighted by atomic mass is 10.1. The summed E-state index contributed by atoms with van der Waals surface area (Å²) < 4.78 is 18.7. The van der Waals surface area contributed by atoms with E-state index < -0.39 is 5.82 Å². The average Bonchev–Trinajstić information content (AvgIpc) is 2.34. The molecule has 0 saturated carbocycles. The first-order valence-corrected chi connectivity index (χ1v) is 6.43. The molecular weight excluding hydrogens is 267 g/mol. The van der Waals surface area contributed by atoms with Crippen molar-refractivity contribution in [3.63, 3.8) is 0 Å². The van der Waals surface area contributed by atoms with Crippen LogP contribution in [0.4, 0.5) is 10.1 Å². The number of carbonyl (C=O) groups excluding carboxylic acids is 1. The van der Waals surface area contributed by atoms with Crippen molar-refractivity contribution in [2.75, 3.05) is 18.5 Å². The Balaban J connectivity index is 2.64. The van der Waals surface area contributed by atoms with Gasteiger partial charge in [-0.3, -0.25) is 4.79 Å². The molecule has 4 nitrogen and oxygen atoms in total. The first-order chi connectivity index (χ1) is 9.06. The molecule has 6 heteroatoms. The Bertz CT molecular complexity index is 466. The zero-order valence-electron chi connectivity index (χ0n) is 10.7. The molecule has 0 fully saturated rings. The highest BCUT2D eigenvalue weighted by Crippen LogP contribution is 2.19. The number of thiocarbonyl (C=S) groups is 1. The van der Waals surface area contributed by atoms with Crippen LogP contribution in [-0.2, 0) is 9.53 Å². The third-order valence-electron chi connectivity index (χ3n) is 2.43. The number of hydrogen-bond donors (Lipinski definition) is 2. The van der Waals surface area contributed by atoms with Crippen molar-refractivity contribution >= 4 is 28.8 Å². The fourth-order valence-electron chi connectivity index (χ4n) is 1.57. The lowest BCUT2D eigenvalue weighted by molar-refractivity contribution is -0.116. The van der Waals surface area contributed by atoms with Crippen LogP contribution >= 0.6 is 12.2 Å². The van der Waals surface area contributed by atoms with E-state index in [0.29, 0.717) is 31.7 Å². The minimum Gasteiger partial charge on any atom is -0.389 e. The number of benzene rings is 1. The highest BCUT2D eigenvalue weighted by Gasteiger charge is 2.13. The monoisotopic (exact) mass is 284 g/mol. The molecule has 3 N–H and O–H groups in total. The summed E-state index contributed by atoms with van der Waals surface area (Å²) in [7, 11) is 0. The summed E-state index contributed by atoms with van der Waals surface area (Å²) in [6.07, 6.45) is 0.907. The number of hydrogen-bond acceptors (Lipinski definition) is 3. The van der Waals surface area contributed by atoms with Gasteiger partial charge in [0.2, 0.25) is 5.91 Å². The summed E-state index contributed by atoms with van der Waals surface area (Å²) in [6.45, 7) is 3.04. The fraction of sp³-hybridized carbons (Fsp3) is 0.385. The lowest BCUT2D eigenvalue weighted by Gasteiger charge is -2.10. The van der Waals surface area contributed by atoms with E-state index in [1.807, 2.05) is 6.92 Å². The van der Waals surface area contributed by atoms with Crippen LogP contribution in [0.3, 0.4) is 0 Å². The molecule has 0 heterocycles. The van der Waals surface area contributed by atoms with Gasteiger partial charge in [0.15, 0.2) is 0 Å². The van der Waals surface area contributed by atoms with Gasteiger partial charge in [0.1, 0.15) is 10.8 Å². The average molecular weight is 284 g/mol. The quantitative estimate of drug-likeness (QED) is 0.595. The maximum Gasteiger partial charge on any atom is 0.224 e. The van der Waals surface area contributed by atoms with Crippen LogP contribution in [0, 0.1) is 5.82 Å². The topological polar surface area (TPSA) is 64.3 Å². The van der Waals surface area contributed by atoms with Crippen molar-refractivity contribution in [3.8, 4) is 0 Å². The van der Waals surface area contributed by atoms with E-state index in [1.165, 1.54) is 12.1 Å². The summed E-state index contributed by atoms with van der Waals surface area (Å²) in [5.41, 5.74) is 5.82. The highest BCUT2D eigenvalue weighted by atomic mass is 32.1. The van der Waals surface area contributed by atoms with Gasteiger partial charge in [0.05, 0.1) is 11.3 Å². The molecule has 1 amide bonds. The molecule has 1 aromatic rings. The normalized spacial score (nSPS) is 10.2. The van der Waals surface area contributed by atoms with Crippen LogP contribution in [0.5, 0.6) is 0 Å². The Morgan fingerprint density at radius 2 is 2.26 bits per heavy atom. The SMILES string of the molecule is CCOCCCC(=O)Nc1cccc(F)c1C(N)=S. The maximum atomic E-state index is 13.6. The minimum absolute atomic E-state index is 0.0654. The van der Waals surface area contributed by atoms with Crippen molar-refractivity contribution in [2.24, 2.45) is 5.73 Å². The van der Waals surface area contributed by atoms with Crippen molar-refractivity contribution in [2.45, 2.75) is 19.8 Å². The molecule has 0 aliphatic rings. The number of carbonyl (C=O) groups is 1. The predicted molar refractivity (Wildman–Crippen MR) is 76.6 cm³/mol. The molecule has 0 aromatic heterocycles. The molecule has 0 unspecified atom stereocenters. The van der Waals surface area contributed by atoms with Gasteiger partial charge in [0.25, 0.3) is 0 Å². The molecule has 19 heavy (non-hydrogen) atoms. The summed E-state index contributed by atoms with van der Waals surface area (Å²) in [5, 5.41) is 2.61. The maximum absolute atomic E-state index is 13.6. The Labute approximate surface area is 117 Å². The number of nitrogens with one attached hydrogen (secondary N) is 1. The van der Waals surface area contributed by atoms with Crippen LogP contribution in [-0.4, -0.2) is 24.1 Å². The molecule has 0 atom stereocenters. The van der Waals surface area contributed by atoms with E-state index in [9.17, 15) is 9.18 Å². The van der Waals surface area contributed by atoms with Crippen molar-refractivity contribution < 1.29 is 13.9 Å². The van der Waals surface area contributed by atoms with E-state index in [0.717, 1.165) is 0 Å². The standard InChI is InChI=1S/C13H17FN2O2S/c1-2-18-8-4-7-11(17)16-10-6-3-5-9(14)12(10)13(15)19/h3,5-6H,2,4,7-8H2,1H3,(H2,15,19)(H,16,17). The fourth-order valence-corrected chi connectivity index (χ4v) is 1.78. The molecule has 104 valence electrons. The van der Waals surface area contributed by atoms with Gasteiger partial charge in [-0.15, -0.1) is 0 Å². The predicted octanol–water partition coefficient (Wildman–Crippen LogP) is 2.22. The van der Waals surface area contributed by atoms with Crippen LogP contribution in [0.2, 0.25) is 0 Å². The Kier molecular flexibility index (Phi) is 6.38. The van der Waals surface area contributed by atoms with Gasteiger partial charge in [-0.1, -0.05) is 18.3 Å². The summed E-state index contributed by atoms with van der Waals surface area (Å²) >= 11 is 4.78. The number of halogens is 1. The first-order valence-electron chi connectivity index (χ1n) is 6.02. The van der Waals surface area contributed by atoms with Crippen LogP contribution < -0.4 is 11.1 Å². The van der Waals surface area contributed by atoms with Gasteiger partial charge in [-0.2, -0.15) is 0 Å². The van der Waals surface area contributed by atoms with E-state index in [2.05, 4.69) is 5.32 Å². The van der Waals surface area contributed by atoms with Gasteiger partial charge in [-0.25, -0.2) is 4.39 Å². The Morgan fingerprint density at radius 3 is 2.89 bits per heavy atom. The molecule has 0 bridgehead atoms. The zero-order chi connectivity index (χ0) is 14.3. The number of nitrogens with two attached hydrogens (primary N) is 1. The first kappa shape index (κ1) is 15.5. The van der Waals surface area contributed by atoms with Crippen LogP contribution in [0.1, 0.15) is 25.3 Å². The molecule has 0 spiro atoms. The lowest BCUT2D eigenvalue weighted by Crippen LogP contribution is -2.19. The van der Waals surface area contributed by atoms with Crippen LogP contribution in [0.15, 0.2) is 18.2 Å². The molecular formula is C13H17FN2O2S. The smallest absolute Gasteiger partial charge is 0.224 e. The molecule has 1 rings (SSSR count). The molecule has 1 aromatic carbocycles. The van der Waals surface area contributed by atoms with Gasteiger partial charge < -0.3 is 15.8 Å². The number of anilines is 1. The molecule has 0 aliphatic heterocycles. The van der Waals surface area contributed by atoms with Crippen molar-refractivity contribution in [3.05, 3.63) is 29.6 Å². The number of rotatable bonds is 7. The second-order valence-corrected chi connectivity index (χ2v) is 4.32. The van der Waals surface area contributed by atoms with E-state index >= 15 is 0 Å². The van der Waals surface area contributed by atoms with Gasteiger partial charge in [-0.05, 0) is 25.5 Å². The van der Waals surface area contributed by atoms with Crippen molar-refractivity contribution in [1.29, 1.82) is 0 Å². The second kappa shape index (κ2) is 7.81. The Hall–Kier alpha value is -1.53. The second-order valence-electron chi connectivity index (χ2n) is 3.88. The molecule has 0 aliphatic carbocycles. The highest BCUT2D eigenvalue weighted by molar-refractivity contribution is 7.80. The summed E-state index contributed by atoms with van der Waals surface area (Å²) in [6, 6.07) is 4.31. The summed E-state index contributed by atoms with van der Waals surface area (Å²) in [4.78, 5) is 11.6. The Morgan fingerprint density at radius 1 is 1.53 bits per heavy atom. The van der Waals surface area contributed by atoms with Crippen LogP contribution in [0.25, 0.3) is 0 Å². The number of amides is 1.